The third-order valence-electron chi connectivity index (χ3n) is 6.42. The Labute approximate surface area is 221 Å². The van der Waals surface area contributed by atoms with Crippen molar-refractivity contribution in [1.29, 1.82) is 0 Å². The van der Waals surface area contributed by atoms with Gasteiger partial charge in [0.1, 0.15) is 17.3 Å². The Bertz CT molecular complexity index is 1420. The highest BCUT2D eigenvalue weighted by molar-refractivity contribution is 5.90. The number of aromatic nitrogens is 3. The number of likely N-dealkylation sites (tertiary alicyclic amines) is 1. The van der Waals surface area contributed by atoms with Gasteiger partial charge in [-0.05, 0) is 68.0 Å². The van der Waals surface area contributed by atoms with E-state index in [0.29, 0.717) is 12.8 Å². The molecule has 0 aliphatic carbocycles. The Balaban J connectivity index is 1.36. The number of benzene rings is 1. The number of rotatable bonds is 10. The molecule has 2 N–H and O–H groups in total. The number of hydrogen-bond acceptors (Lipinski definition) is 4. The number of pyridine rings is 1. The van der Waals surface area contributed by atoms with E-state index >= 15 is 0 Å². The molecule has 208 valence electrons. The van der Waals surface area contributed by atoms with Crippen molar-refractivity contribution in [2.75, 3.05) is 18.4 Å². The lowest BCUT2D eigenvalue weighted by atomic mass is 10.1. The van der Waals surface area contributed by atoms with Crippen LogP contribution in [0.25, 0.3) is 11.0 Å². The van der Waals surface area contributed by atoms with Crippen LogP contribution < -0.4 is 10.9 Å². The number of hydrogen-bond donors (Lipinski definition) is 2. The van der Waals surface area contributed by atoms with Gasteiger partial charge >= 0.3 is 6.18 Å². The van der Waals surface area contributed by atoms with Crippen molar-refractivity contribution in [2.24, 2.45) is 0 Å². The van der Waals surface area contributed by atoms with Crippen LogP contribution in [0.3, 0.4) is 0 Å². The maximum Gasteiger partial charge on any atom is 0.389 e. The maximum absolute atomic E-state index is 14.0. The zero-order valence-electron chi connectivity index (χ0n) is 21.2. The first-order chi connectivity index (χ1) is 18.6. The second-order valence-electron chi connectivity index (χ2n) is 9.49. The lowest BCUT2D eigenvalue weighted by Gasteiger charge is -2.11. The summed E-state index contributed by atoms with van der Waals surface area (Å²) >= 11 is 0. The molecular formula is C27H29F4N5O3. The molecule has 3 heterocycles. The third-order valence-corrected chi connectivity index (χ3v) is 6.42. The molecule has 0 spiro atoms. The first kappa shape index (κ1) is 28.1. The fourth-order valence-electron chi connectivity index (χ4n) is 4.48. The van der Waals surface area contributed by atoms with E-state index in [1.54, 1.807) is 17.0 Å². The van der Waals surface area contributed by atoms with E-state index in [4.69, 9.17) is 0 Å². The third kappa shape index (κ3) is 7.78. The number of amides is 2. The van der Waals surface area contributed by atoms with Crippen LogP contribution in [0.4, 0.5) is 23.2 Å². The minimum Gasteiger partial charge on any atom is -0.340 e. The lowest BCUT2D eigenvalue weighted by Crippen LogP contribution is -2.26. The number of alkyl halides is 3. The lowest BCUT2D eigenvalue weighted by molar-refractivity contribution is -0.134. The van der Waals surface area contributed by atoms with Gasteiger partial charge in [-0.25, -0.2) is 9.37 Å². The van der Waals surface area contributed by atoms with Crippen LogP contribution in [0.1, 0.15) is 49.9 Å². The van der Waals surface area contributed by atoms with Gasteiger partial charge in [-0.15, -0.1) is 0 Å². The number of H-pyrrole nitrogens is 1. The topological polar surface area (TPSA) is 100 Å². The van der Waals surface area contributed by atoms with Crippen molar-refractivity contribution < 1.29 is 27.2 Å². The Hall–Kier alpha value is -3.96. The molecule has 3 aromatic rings. The molecule has 39 heavy (non-hydrogen) atoms. The van der Waals surface area contributed by atoms with Crippen LogP contribution in [0.15, 0.2) is 47.4 Å². The van der Waals surface area contributed by atoms with Gasteiger partial charge < -0.3 is 19.8 Å². The average molecular weight is 548 g/mol. The van der Waals surface area contributed by atoms with E-state index in [-0.39, 0.29) is 52.9 Å². The molecule has 0 saturated carbocycles. The number of imidazole rings is 1. The van der Waals surface area contributed by atoms with E-state index in [9.17, 15) is 31.9 Å². The molecule has 4 rings (SSSR count). The number of aryl methyl sites for hydroxylation is 1. The Morgan fingerprint density at radius 2 is 1.95 bits per heavy atom. The zero-order valence-corrected chi connectivity index (χ0v) is 21.2. The molecule has 1 fully saturated rings. The SMILES string of the molecule is O=C(CCC/C=C/C(=O)N1CCCC1)Nc1cccn(Cc2nc3c(CCC(F)(F)F)cc(F)cc3[nH]2)c1=O. The minimum atomic E-state index is -4.39. The summed E-state index contributed by atoms with van der Waals surface area (Å²) in [4.78, 5) is 46.2. The molecule has 12 heteroatoms. The van der Waals surface area contributed by atoms with Gasteiger partial charge in [0.05, 0.1) is 17.6 Å². The van der Waals surface area contributed by atoms with E-state index in [0.717, 1.165) is 38.1 Å². The van der Waals surface area contributed by atoms with Crippen LogP contribution in [0.5, 0.6) is 0 Å². The summed E-state index contributed by atoms with van der Waals surface area (Å²) < 4.78 is 53.3. The van der Waals surface area contributed by atoms with Crippen molar-refractivity contribution in [3.05, 3.63) is 70.2 Å². The molecule has 1 aromatic carbocycles. The highest BCUT2D eigenvalue weighted by Gasteiger charge is 2.27. The molecule has 8 nitrogen and oxygen atoms in total. The molecule has 0 unspecified atom stereocenters. The fourth-order valence-corrected chi connectivity index (χ4v) is 4.48. The van der Waals surface area contributed by atoms with Gasteiger partial charge in [0.2, 0.25) is 11.8 Å². The maximum atomic E-state index is 14.0. The van der Waals surface area contributed by atoms with E-state index in [2.05, 4.69) is 15.3 Å². The summed E-state index contributed by atoms with van der Waals surface area (Å²) in [5.74, 6) is -0.804. The smallest absolute Gasteiger partial charge is 0.340 e. The van der Waals surface area contributed by atoms with Gasteiger partial charge in [-0.2, -0.15) is 13.2 Å². The number of halogens is 4. The largest absolute Gasteiger partial charge is 0.389 e. The van der Waals surface area contributed by atoms with Crippen LogP contribution in [0, 0.1) is 5.82 Å². The Kier molecular flexibility index (Phi) is 8.82. The number of fused-ring (bicyclic) bond motifs is 1. The molecule has 2 aromatic heterocycles. The molecule has 1 aliphatic heterocycles. The number of allylic oxidation sites excluding steroid dienone is 1. The quantitative estimate of drug-likeness (QED) is 0.218. The van der Waals surface area contributed by atoms with Crippen molar-refractivity contribution in [3.63, 3.8) is 0 Å². The summed E-state index contributed by atoms with van der Waals surface area (Å²) in [5, 5.41) is 2.60. The fraction of sp³-hybridized carbons (Fsp3) is 0.407. The monoisotopic (exact) mass is 547 g/mol. The number of anilines is 1. The zero-order chi connectivity index (χ0) is 28.0. The van der Waals surface area contributed by atoms with Gasteiger partial charge in [0.25, 0.3) is 5.56 Å². The molecule has 1 aliphatic rings. The summed E-state index contributed by atoms with van der Waals surface area (Å²) in [6, 6.07) is 5.21. The summed E-state index contributed by atoms with van der Waals surface area (Å²) in [6.07, 6.45) is 2.09. The van der Waals surface area contributed by atoms with E-state index in [1.807, 2.05) is 0 Å². The predicted octanol–water partition coefficient (Wildman–Crippen LogP) is 4.69. The van der Waals surface area contributed by atoms with Crippen molar-refractivity contribution in [1.82, 2.24) is 19.4 Å². The molecule has 0 radical (unpaired) electrons. The molecule has 0 atom stereocenters. The van der Waals surface area contributed by atoms with Gasteiger partial charge in [-0.3, -0.25) is 14.4 Å². The first-order valence-corrected chi connectivity index (χ1v) is 12.8. The Morgan fingerprint density at radius 1 is 1.18 bits per heavy atom. The molecule has 0 bridgehead atoms. The predicted molar refractivity (Wildman–Crippen MR) is 138 cm³/mol. The second-order valence-corrected chi connectivity index (χ2v) is 9.49. The highest BCUT2D eigenvalue weighted by Crippen LogP contribution is 2.26. The van der Waals surface area contributed by atoms with Gasteiger partial charge in [0, 0.05) is 32.1 Å². The summed E-state index contributed by atoms with van der Waals surface area (Å²) in [5.41, 5.74) is 0.134. The van der Waals surface area contributed by atoms with Crippen LogP contribution in [-0.4, -0.2) is 50.5 Å². The molecule has 1 saturated heterocycles. The standard InChI is InChI=1S/C27H29F4N5O3/c28-19-15-18(10-11-27(29,30)31)25-21(16-19)32-22(34-25)17-36-14-6-7-20(26(36)39)33-23(37)8-2-1-3-9-24(38)35-12-4-5-13-35/h3,6-7,9,14-16H,1-2,4-5,8,10-13,17H2,(H,32,34)(H,33,37)/b9-3+. The van der Waals surface area contributed by atoms with Crippen molar-refractivity contribution >= 4 is 28.5 Å². The number of nitrogens with one attached hydrogen (secondary N) is 2. The number of aromatic amines is 1. The minimum absolute atomic E-state index is 0.0195. The van der Waals surface area contributed by atoms with Crippen molar-refractivity contribution in [3.8, 4) is 0 Å². The number of nitrogens with zero attached hydrogens (tertiary/aromatic N) is 3. The van der Waals surface area contributed by atoms with E-state index < -0.39 is 30.4 Å². The van der Waals surface area contributed by atoms with Gasteiger partial charge in [0.15, 0.2) is 0 Å². The Morgan fingerprint density at radius 3 is 2.69 bits per heavy atom. The van der Waals surface area contributed by atoms with Crippen LogP contribution >= 0.6 is 0 Å². The van der Waals surface area contributed by atoms with Crippen LogP contribution in [-0.2, 0) is 22.6 Å². The highest BCUT2D eigenvalue weighted by atomic mass is 19.4. The normalized spacial score (nSPS) is 14.0. The van der Waals surface area contributed by atoms with Crippen LogP contribution in [0.2, 0.25) is 0 Å². The molecular weight excluding hydrogens is 518 g/mol. The number of carbonyl (C=O) groups is 2. The average Bonchev–Trinajstić information content (AvgIpc) is 3.54. The van der Waals surface area contributed by atoms with Gasteiger partial charge in [-0.1, -0.05) is 6.08 Å². The second kappa shape index (κ2) is 12.3. The van der Waals surface area contributed by atoms with Crippen molar-refractivity contribution in [2.45, 2.75) is 57.7 Å². The summed E-state index contributed by atoms with van der Waals surface area (Å²) in [7, 11) is 0. The summed E-state index contributed by atoms with van der Waals surface area (Å²) in [6.45, 7) is 1.49. The first-order valence-electron chi connectivity index (χ1n) is 12.8. The number of carbonyl (C=O) groups excluding carboxylic acids is 2. The van der Waals surface area contributed by atoms with E-state index in [1.165, 1.54) is 22.9 Å². The number of unbranched alkanes of at least 4 members (excludes halogenated alkanes) is 1. The molecule has 2 amide bonds.